The van der Waals surface area contributed by atoms with Crippen molar-refractivity contribution in [2.75, 3.05) is 0 Å². The molecule has 28 heavy (non-hydrogen) atoms. The largest absolute Gasteiger partial charge is 0.354 e. The van der Waals surface area contributed by atoms with Crippen molar-refractivity contribution >= 4 is 17.3 Å². The van der Waals surface area contributed by atoms with E-state index in [1.165, 1.54) is 15.3 Å². The number of aryl methyl sites for hydroxylation is 2. The maximum atomic E-state index is 4.77. The second-order valence-electron chi connectivity index (χ2n) is 6.99. The first-order chi connectivity index (χ1) is 13.5. The first-order valence-electron chi connectivity index (χ1n) is 9.50. The number of benzene rings is 1. The van der Waals surface area contributed by atoms with E-state index in [4.69, 9.17) is 4.99 Å². The minimum atomic E-state index is 0.265. The molecule has 0 aliphatic heterocycles. The first-order valence-corrected chi connectivity index (χ1v) is 10.3. The van der Waals surface area contributed by atoms with Gasteiger partial charge in [0, 0.05) is 29.3 Å². The summed E-state index contributed by atoms with van der Waals surface area (Å²) in [5, 5.41) is 15.3. The minimum absolute atomic E-state index is 0.265. The first kappa shape index (κ1) is 20.1. The van der Waals surface area contributed by atoms with Crippen LogP contribution in [-0.4, -0.2) is 26.8 Å². The third-order valence-corrected chi connectivity index (χ3v) is 5.57. The van der Waals surface area contributed by atoms with Gasteiger partial charge in [-0.25, -0.2) is 4.99 Å². The van der Waals surface area contributed by atoms with Crippen molar-refractivity contribution in [3.8, 4) is 0 Å². The number of nitrogens with one attached hydrogen (secondary N) is 2. The fraction of sp³-hybridized carbons (Fsp3) is 0.381. The Hall–Kier alpha value is -2.67. The number of aliphatic imine (C=N–C) groups is 1. The van der Waals surface area contributed by atoms with Crippen molar-refractivity contribution in [3.05, 3.63) is 69.4 Å². The van der Waals surface area contributed by atoms with E-state index in [2.05, 4.69) is 58.9 Å². The quantitative estimate of drug-likeness (QED) is 0.475. The smallest absolute Gasteiger partial charge is 0.192 e. The summed E-state index contributed by atoms with van der Waals surface area (Å²) in [5.74, 6) is 2.56. The fourth-order valence-electron chi connectivity index (χ4n) is 2.86. The van der Waals surface area contributed by atoms with Crippen LogP contribution in [-0.2, 0) is 26.6 Å². The van der Waals surface area contributed by atoms with Gasteiger partial charge in [-0.2, -0.15) is 0 Å². The summed E-state index contributed by atoms with van der Waals surface area (Å²) in [5.41, 5.74) is 1.18. The molecule has 148 valence electrons. The number of aromatic nitrogens is 3. The number of thiophene rings is 1. The van der Waals surface area contributed by atoms with Gasteiger partial charge in [-0.15, -0.1) is 21.5 Å². The highest BCUT2D eigenvalue weighted by Crippen LogP contribution is 2.16. The summed E-state index contributed by atoms with van der Waals surface area (Å²) in [6.45, 7) is 7.47. The van der Waals surface area contributed by atoms with E-state index in [9.17, 15) is 0 Å². The van der Waals surface area contributed by atoms with Crippen LogP contribution in [0.15, 0.2) is 47.5 Å². The summed E-state index contributed by atoms with van der Waals surface area (Å²) in [6, 6.07) is 14.9. The molecule has 0 saturated heterocycles. The molecule has 2 aromatic heterocycles. The van der Waals surface area contributed by atoms with Gasteiger partial charge in [-0.1, -0.05) is 30.3 Å². The number of hydrogen-bond acceptors (Lipinski definition) is 4. The summed E-state index contributed by atoms with van der Waals surface area (Å²) in [7, 11) is 1.97. The summed E-state index contributed by atoms with van der Waals surface area (Å²) in [4.78, 5) is 7.49. The molecule has 0 aliphatic carbocycles. The van der Waals surface area contributed by atoms with Crippen molar-refractivity contribution < 1.29 is 0 Å². The van der Waals surface area contributed by atoms with Gasteiger partial charge in [0.2, 0.25) is 0 Å². The Morgan fingerprint density at radius 1 is 1.14 bits per heavy atom. The number of nitrogens with zero attached hydrogens (tertiary/aromatic N) is 4. The molecular weight excluding hydrogens is 368 g/mol. The van der Waals surface area contributed by atoms with Crippen LogP contribution >= 0.6 is 11.3 Å². The molecule has 0 saturated carbocycles. The van der Waals surface area contributed by atoms with E-state index < -0.39 is 0 Å². The fourth-order valence-corrected chi connectivity index (χ4v) is 3.87. The van der Waals surface area contributed by atoms with Gasteiger partial charge in [-0.05, 0) is 38.5 Å². The predicted octanol–water partition coefficient (Wildman–Crippen LogP) is 3.36. The maximum Gasteiger partial charge on any atom is 0.192 e. The molecule has 2 heterocycles. The van der Waals surface area contributed by atoms with Gasteiger partial charge < -0.3 is 15.2 Å². The summed E-state index contributed by atoms with van der Waals surface area (Å²) < 4.78 is 1.99. The molecule has 0 fully saturated rings. The van der Waals surface area contributed by atoms with Crippen molar-refractivity contribution in [2.45, 2.75) is 46.3 Å². The lowest BCUT2D eigenvalue weighted by atomic mass is 10.2. The van der Waals surface area contributed by atoms with Gasteiger partial charge in [-0.3, -0.25) is 0 Å². The minimum Gasteiger partial charge on any atom is -0.354 e. The second-order valence-corrected chi connectivity index (χ2v) is 8.36. The van der Waals surface area contributed by atoms with Crippen LogP contribution in [0.25, 0.3) is 0 Å². The third kappa shape index (κ3) is 5.66. The zero-order chi connectivity index (χ0) is 19.9. The van der Waals surface area contributed by atoms with Crippen LogP contribution in [0.3, 0.4) is 0 Å². The van der Waals surface area contributed by atoms with E-state index >= 15 is 0 Å². The van der Waals surface area contributed by atoms with Crippen molar-refractivity contribution in [1.82, 2.24) is 25.4 Å². The summed E-state index contributed by atoms with van der Waals surface area (Å²) >= 11 is 1.85. The van der Waals surface area contributed by atoms with E-state index in [0.717, 1.165) is 24.0 Å². The van der Waals surface area contributed by atoms with Crippen LogP contribution in [0.4, 0.5) is 0 Å². The Kier molecular flexibility index (Phi) is 6.81. The lowest BCUT2D eigenvalue weighted by Gasteiger charge is -2.18. The van der Waals surface area contributed by atoms with Crippen LogP contribution in [0.1, 0.15) is 33.9 Å². The molecule has 1 unspecified atom stereocenters. The molecule has 3 aromatic rings. The Morgan fingerprint density at radius 3 is 2.57 bits per heavy atom. The highest BCUT2D eigenvalue weighted by molar-refractivity contribution is 7.11. The van der Waals surface area contributed by atoms with Crippen LogP contribution in [0, 0.1) is 13.8 Å². The zero-order valence-electron chi connectivity index (χ0n) is 16.9. The van der Waals surface area contributed by atoms with E-state index in [1.54, 1.807) is 0 Å². The standard InChI is InChI=1S/C21H28N6S/c1-15(12-19-11-10-16(2)28-19)24-21(22-13-18-8-6-5-7-9-18)23-14-20-26-25-17(3)27(20)4/h5-11,15H,12-14H2,1-4H3,(H2,22,23,24). The molecule has 6 nitrogen and oxygen atoms in total. The van der Waals surface area contributed by atoms with Gasteiger partial charge in [0.1, 0.15) is 5.82 Å². The number of hydrogen-bond donors (Lipinski definition) is 2. The van der Waals surface area contributed by atoms with E-state index in [1.807, 2.05) is 48.1 Å². The monoisotopic (exact) mass is 396 g/mol. The third-order valence-electron chi connectivity index (χ3n) is 4.55. The molecule has 2 N–H and O–H groups in total. The lowest BCUT2D eigenvalue weighted by molar-refractivity contribution is 0.633. The van der Waals surface area contributed by atoms with E-state index in [0.29, 0.717) is 13.1 Å². The molecule has 1 atom stereocenters. The van der Waals surface area contributed by atoms with Crippen molar-refractivity contribution in [2.24, 2.45) is 12.0 Å². The van der Waals surface area contributed by atoms with Gasteiger partial charge in [0.05, 0.1) is 13.1 Å². The lowest BCUT2D eigenvalue weighted by Crippen LogP contribution is -2.43. The van der Waals surface area contributed by atoms with Crippen molar-refractivity contribution in [1.29, 1.82) is 0 Å². The average Bonchev–Trinajstić information content (AvgIpc) is 3.24. The second kappa shape index (κ2) is 9.50. The predicted molar refractivity (Wildman–Crippen MR) is 116 cm³/mol. The molecule has 0 aliphatic rings. The van der Waals surface area contributed by atoms with Crippen LogP contribution in [0.5, 0.6) is 0 Å². The highest BCUT2D eigenvalue weighted by Gasteiger charge is 2.10. The van der Waals surface area contributed by atoms with Gasteiger partial charge in [0.25, 0.3) is 0 Å². The van der Waals surface area contributed by atoms with Crippen LogP contribution in [0.2, 0.25) is 0 Å². The molecule has 0 amide bonds. The normalized spacial score (nSPS) is 12.8. The molecular formula is C21H28N6S. The number of guanidine groups is 1. The van der Waals surface area contributed by atoms with Gasteiger partial charge in [0.15, 0.2) is 11.8 Å². The molecule has 0 radical (unpaired) electrons. The summed E-state index contributed by atoms with van der Waals surface area (Å²) in [6.07, 6.45) is 0.966. The SMILES string of the molecule is Cc1ccc(CC(C)NC(=NCc2ccccc2)NCc2nnc(C)n2C)s1. The Bertz CT molecular complexity index is 912. The Balaban J connectivity index is 1.66. The zero-order valence-corrected chi connectivity index (χ0v) is 17.8. The van der Waals surface area contributed by atoms with Crippen molar-refractivity contribution in [3.63, 3.8) is 0 Å². The average molecular weight is 397 g/mol. The highest BCUT2D eigenvalue weighted by atomic mass is 32.1. The van der Waals surface area contributed by atoms with E-state index in [-0.39, 0.29) is 6.04 Å². The van der Waals surface area contributed by atoms with Crippen LogP contribution < -0.4 is 10.6 Å². The molecule has 1 aromatic carbocycles. The Morgan fingerprint density at radius 2 is 1.93 bits per heavy atom. The molecule has 0 spiro atoms. The molecule has 0 bridgehead atoms. The maximum absolute atomic E-state index is 4.77. The number of rotatable bonds is 7. The molecule has 7 heteroatoms. The topological polar surface area (TPSA) is 67.1 Å². The molecule has 3 rings (SSSR count). The Labute approximate surface area is 170 Å². The van der Waals surface area contributed by atoms with Gasteiger partial charge >= 0.3 is 0 Å².